The van der Waals surface area contributed by atoms with E-state index in [0.717, 1.165) is 43.6 Å². The van der Waals surface area contributed by atoms with E-state index in [1.165, 1.54) is 0 Å². The van der Waals surface area contributed by atoms with E-state index >= 15 is 0 Å². The van der Waals surface area contributed by atoms with Crippen molar-refractivity contribution in [3.8, 4) is 0 Å². The van der Waals surface area contributed by atoms with Crippen molar-refractivity contribution in [1.29, 1.82) is 0 Å². The molecular formula is C15H22N2O2. The smallest absolute Gasteiger partial charge is 0.231 e. The summed E-state index contributed by atoms with van der Waals surface area (Å²) in [5.41, 5.74) is 1.36. The van der Waals surface area contributed by atoms with E-state index in [-0.39, 0.29) is 17.9 Å². The number of carbonyl (C=O) groups excluding carboxylic acids is 1. The Balaban J connectivity index is 2.05. The summed E-state index contributed by atoms with van der Waals surface area (Å²) < 4.78 is 0. The van der Waals surface area contributed by atoms with Crippen molar-refractivity contribution < 1.29 is 9.90 Å². The van der Waals surface area contributed by atoms with Crippen LogP contribution in [0.15, 0.2) is 24.3 Å². The molecule has 1 amide bonds. The number of benzene rings is 1. The fourth-order valence-corrected chi connectivity index (χ4v) is 2.58. The van der Waals surface area contributed by atoms with Gasteiger partial charge in [0.15, 0.2) is 0 Å². The van der Waals surface area contributed by atoms with Gasteiger partial charge in [0.25, 0.3) is 0 Å². The van der Waals surface area contributed by atoms with Crippen LogP contribution in [-0.4, -0.2) is 24.1 Å². The lowest BCUT2D eigenvalue weighted by atomic mass is 9.77. The van der Waals surface area contributed by atoms with Crippen molar-refractivity contribution in [2.75, 3.05) is 18.4 Å². The minimum atomic E-state index is -0.284. The zero-order valence-electron chi connectivity index (χ0n) is 11.4. The van der Waals surface area contributed by atoms with E-state index in [2.05, 4.69) is 17.6 Å². The first kappa shape index (κ1) is 14.0. The molecule has 1 aromatic rings. The van der Waals surface area contributed by atoms with Crippen LogP contribution in [-0.2, 0) is 11.4 Å². The molecule has 0 aliphatic carbocycles. The highest BCUT2D eigenvalue weighted by Gasteiger charge is 2.37. The molecule has 1 aliphatic heterocycles. The van der Waals surface area contributed by atoms with Gasteiger partial charge in [-0.25, -0.2) is 0 Å². The number of amides is 1. The van der Waals surface area contributed by atoms with Gasteiger partial charge in [0.1, 0.15) is 0 Å². The highest BCUT2D eigenvalue weighted by atomic mass is 16.3. The van der Waals surface area contributed by atoms with E-state index in [0.29, 0.717) is 0 Å². The van der Waals surface area contributed by atoms with Crippen LogP contribution < -0.4 is 10.6 Å². The minimum absolute atomic E-state index is 0.0248. The standard InChI is InChI=1S/C15H22N2O2/c1-2-15(8-3-9-16-11-15)14(19)17-13-6-4-12(10-18)5-7-13/h4-7,16,18H,2-3,8-11H2,1H3,(H,17,19). The number of rotatable bonds is 4. The van der Waals surface area contributed by atoms with Gasteiger partial charge in [0.05, 0.1) is 12.0 Å². The number of aliphatic hydroxyl groups is 1. The Bertz CT molecular complexity index is 422. The van der Waals surface area contributed by atoms with Crippen LogP contribution in [0.5, 0.6) is 0 Å². The summed E-state index contributed by atoms with van der Waals surface area (Å²) in [5.74, 6) is 0.0962. The van der Waals surface area contributed by atoms with Gasteiger partial charge in [0, 0.05) is 12.2 Å². The number of aliphatic hydroxyl groups excluding tert-OH is 1. The monoisotopic (exact) mass is 262 g/mol. The average molecular weight is 262 g/mol. The van der Waals surface area contributed by atoms with Gasteiger partial charge < -0.3 is 15.7 Å². The van der Waals surface area contributed by atoms with Gasteiger partial charge in [-0.15, -0.1) is 0 Å². The molecule has 1 heterocycles. The first-order chi connectivity index (χ1) is 9.20. The summed E-state index contributed by atoms with van der Waals surface area (Å²) in [4.78, 5) is 12.5. The Hall–Kier alpha value is -1.39. The summed E-state index contributed by atoms with van der Waals surface area (Å²) in [7, 11) is 0. The Morgan fingerprint density at radius 2 is 2.16 bits per heavy atom. The second-order valence-electron chi connectivity index (χ2n) is 5.22. The third kappa shape index (κ3) is 3.14. The Labute approximate surface area is 114 Å². The lowest BCUT2D eigenvalue weighted by molar-refractivity contribution is -0.126. The molecule has 1 aromatic carbocycles. The van der Waals surface area contributed by atoms with Gasteiger partial charge in [-0.3, -0.25) is 4.79 Å². The van der Waals surface area contributed by atoms with Crippen molar-refractivity contribution in [2.24, 2.45) is 5.41 Å². The van der Waals surface area contributed by atoms with E-state index in [1.807, 2.05) is 24.3 Å². The second-order valence-corrected chi connectivity index (χ2v) is 5.22. The predicted octanol–water partition coefficient (Wildman–Crippen LogP) is 1.90. The number of hydrogen-bond donors (Lipinski definition) is 3. The van der Waals surface area contributed by atoms with Crippen molar-refractivity contribution in [1.82, 2.24) is 5.32 Å². The summed E-state index contributed by atoms with van der Waals surface area (Å²) >= 11 is 0. The Morgan fingerprint density at radius 1 is 1.42 bits per heavy atom. The first-order valence-corrected chi connectivity index (χ1v) is 6.92. The normalized spacial score (nSPS) is 23.1. The summed E-state index contributed by atoms with van der Waals surface area (Å²) in [5, 5.41) is 15.3. The highest BCUT2D eigenvalue weighted by Crippen LogP contribution is 2.31. The van der Waals surface area contributed by atoms with Crippen molar-refractivity contribution in [3.63, 3.8) is 0 Å². The molecule has 0 aromatic heterocycles. The molecule has 19 heavy (non-hydrogen) atoms. The molecule has 1 atom stereocenters. The molecule has 0 spiro atoms. The topological polar surface area (TPSA) is 61.4 Å². The van der Waals surface area contributed by atoms with E-state index < -0.39 is 0 Å². The molecule has 0 saturated carbocycles. The van der Waals surface area contributed by atoms with E-state index in [1.54, 1.807) is 0 Å². The summed E-state index contributed by atoms with van der Waals surface area (Å²) in [6.07, 6.45) is 2.84. The second kappa shape index (κ2) is 6.17. The van der Waals surface area contributed by atoms with Gasteiger partial charge in [-0.2, -0.15) is 0 Å². The molecule has 4 heteroatoms. The quantitative estimate of drug-likeness (QED) is 0.776. The molecule has 0 bridgehead atoms. The highest BCUT2D eigenvalue weighted by molar-refractivity contribution is 5.95. The Kier molecular flexibility index (Phi) is 4.56. The predicted molar refractivity (Wildman–Crippen MR) is 75.8 cm³/mol. The molecule has 1 aliphatic rings. The maximum absolute atomic E-state index is 12.5. The molecule has 3 N–H and O–H groups in total. The summed E-state index contributed by atoms with van der Waals surface area (Å²) in [6, 6.07) is 7.33. The van der Waals surface area contributed by atoms with Crippen molar-refractivity contribution >= 4 is 11.6 Å². The van der Waals surface area contributed by atoms with Gasteiger partial charge in [-0.05, 0) is 43.5 Å². The van der Waals surface area contributed by atoms with Crippen LogP contribution in [0, 0.1) is 5.41 Å². The molecule has 104 valence electrons. The van der Waals surface area contributed by atoms with Crippen LogP contribution in [0.3, 0.4) is 0 Å². The third-order valence-corrected chi connectivity index (χ3v) is 4.03. The van der Waals surface area contributed by atoms with Crippen molar-refractivity contribution in [2.45, 2.75) is 32.8 Å². The number of carbonyl (C=O) groups is 1. The number of hydrogen-bond acceptors (Lipinski definition) is 3. The molecule has 4 nitrogen and oxygen atoms in total. The summed E-state index contributed by atoms with van der Waals surface area (Å²) in [6.45, 7) is 3.85. The minimum Gasteiger partial charge on any atom is -0.392 e. The van der Waals surface area contributed by atoms with Crippen LogP contribution in [0.4, 0.5) is 5.69 Å². The lowest BCUT2D eigenvalue weighted by Gasteiger charge is -2.35. The molecule has 1 fully saturated rings. The Morgan fingerprint density at radius 3 is 2.68 bits per heavy atom. The molecule has 2 rings (SSSR count). The van der Waals surface area contributed by atoms with E-state index in [9.17, 15) is 4.79 Å². The van der Waals surface area contributed by atoms with Crippen LogP contribution >= 0.6 is 0 Å². The molecule has 1 saturated heterocycles. The van der Waals surface area contributed by atoms with Crippen molar-refractivity contribution in [3.05, 3.63) is 29.8 Å². The SMILES string of the molecule is CCC1(C(=O)Nc2ccc(CO)cc2)CCCNC1. The fourth-order valence-electron chi connectivity index (χ4n) is 2.58. The van der Waals surface area contributed by atoms with Crippen LogP contribution in [0.25, 0.3) is 0 Å². The van der Waals surface area contributed by atoms with Crippen LogP contribution in [0.1, 0.15) is 31.7 Å². The zero-order chi connectivity index (χ0) is 13.7. The largest absolute Gasteiger partial charge is 0.392 e. The van der Waals surface area contributed by atoms with Gasteiger partial charge in [0.2, 0.25) is 5.91 Å². The first-order valence-electron chi connectivity index (χ1n) is 6.92. The van der Waals surface area contributed by atoms with Crippen LogP contribution in [0.2, 0.25) is 0 Å². The number of piperidine rings is 1. The maximum Gasteiger partial charge on any atom is 0.231 e. The van der Waals surface area contributed by atoms with Gasteiger partial charge >= 0.3 is 0 Å². The molecule has 0 radical (unpaired) electrons. The van der Waals surface area contributed by atoms with E-state index in [4.69, 9.17) is 5.11 Å². The molecular weight excluding hydrogens is 240 g/mol. The number of nitrogens with one attached hydrogen (secondary N) is 2. The zero-order valence-corrected chi connectivity index (χ0v) is 11.4. The third-order valence-electron chi connectivity index (χ3n) is 4.03. The maximum atomic E-state index is 12.5. The lowest BCUT2D eigenvalue weighted by Crippen LogP contribution is -2.47. The van der Waals surface area contributed by atoms with Gasteiger partial charge in [-0.1, -0.05) is 19.1 Å². The average Bonchev–Trinajstić information content (AvgIpc) is 2.48. The molecule has 1 unspecified atom stereocenters. The fraction of sp³-hybridized carbons (Fsp3) is 0.533. The number of anilines is 1.